The fourth-order valence-electron chi connectivity index (χ4n) is 0.951. The predicted octanol–water partition coefficient (Wildman–Crippen LogP) is 0.750. The second-order valence-electron chi connectivity index (χ2n) is 2.70. The van der Waals surface area contributed by atoms with Crippen molar-refractivity contribution in [1.82, 2.24) is 4.72 Å². The molecule has 0 saturated carbocycles. The molecule has 0 amide bonds. The Bertz CT molecular complexity index is 449. The molecule has 1 aromatic carbocycles. The van der Waals surface area contributed by atoms with E-state index in [2.05, 4.69) is 0 Å². The van der Waals surface area contributed by atoms with Crippen molar-refractivity contribution in [3.8, 4) is 0 Å². The minimum absolute atomic E-state index is 0.119. The number of sulfonamides is 1. The summed E-state index contributed by atoms with van der Waals surface area (Å²) in [4.78, 5) is -0.486. The Morgan fingerprint density at radius 1 is 1.47 bits per heavy atom. The number of aliphatic hydroxyl groups is 1. The van der Waals surface area contributed by atoms with Gasteiger partial charge in [0.15, 0.2) is 0 Å². The van der Waals surface area contributed by atoms with Crippen LogP contribution >= 0.6 is 11.6 Å². The molecular formula is C8H9ClFNO3S. The molecule has 0 unspecified atom stereocenters. The van der Waals surface area contributed by atoms with E-state index in [4.69, 9.17) is 16.7 Å². The second-order valence-corrected chi connectivity index (χ2v) is 4.87. The molecule has 0 fully saturated rings. The Labute approximate surface area is 91.7 Å². The smallest absolute Gasteiger partial charge is 0.243 e. The highest BCUT2D eigenvalue weighted by molar-refractivity contribution is 7.89. The van der Waals surface area contributed by atoms with Gasteiger partial charge in [-0.15, -0.1) is 0 Å². The van der Waals surface area contributed by atoms with Crippen LogP contribution in [-0.4, -0.2) is 26.7 Å². The van der Waals surface area contributed by atoms with Crippen molar-refractivity contribution in [2.24, 2.45) is 0 Å². The van der Waals surface area contributed by atoms with Crippen LogP contribution in [0.3, 0.4) is 0 Å². The lowest BCUT2D eigenvalue weighted by molar-refractivity contribution is 0.301. The zero-order chi connectivity index (χ0) is 11.5. The summed E-state index contributed by atoms with van der Waals surface area (Å²) in [5, 5.41) is 8.57. The number of rotatable bonds is 4. The minimum Gasteiger partial charge on any atom is -0.395 e. The van der Waals surface area contributed by atoms with E-state index in [1.54, 1.807) is 0 Å². The average molecular weight is 254 g/mol. The minimum atomic E-state index is -3.91. The second kappa shape index (κ2) is 4.89. The molecular weight excluding hydrogens is 245 g/mol. The Hall–Kier alpha value is -0.690. The Kier molecular flexibility index (Phi) is 4.04. The van der Waals surface area contributed by atoms with Gasteiger partial charge in [0.1, 0.15) is 10.7 Å². The van der Waals surface area contributed by atoms with Crippen molar-refractivity contribution in [1.29, 1.82) is 0 Å². The average Bonchev–Trinajstić information content (AvgIpc) is 2.14. The lowest BCUT2D eigenvalue weighted by Gasteiger charge is -2.06. The summed E-state index contributed by atoms with van der Waals surface area (Å²) in [6.45, 7) is -0.515. The number of benzene rings is 1. The van der Waals surface area contributed by atoms with Gasteiger partial charge in [-0.25, -0.2) is 17.5 Å². The van der Waals surface area contributed by atoms with E-state index in [1.807, 2.05) is 4.72 Å². The van der Waals surface area contributed by atoms with E-state index < -0.39 is 20.7 Å². The Balaban J connectivity index is 3.05. The van der Waals surface area contributed by atoms with Gasteiger partial charge in [-0.1, -0.05) is 11.6 Å². The molecule has 2 N–H and O–H groups in total. The summed E-state index contributed by atoms with van der Waals surface area (Å²) in [5.41, 5.74) is 0. The first kappa shape index (κ1) is 12.4. The molecule has 4 nitrogen and oxygen atoms in total. The fourth-order valence-corrected chi connectivity index (χ4v) is 2.19. The third-order valence-electron chi connectivity index (χ3n) is 1.59. The van der Waals surface area contributed by atoms with Crippen molar-refractivity contribution < 1.29 is 17.9 Å². The molecule has 0 heterocycles. The molecule has 7 heteroatoms. The van der Waals surface area contributed by atoms with Gasteiger partial charge < -0.3 is 5.11 Å². The number of hydrogen-bond acceptors (Lipinski definition) is 3. The highest BCUT2D eigenvalue weighted by Crippen LogP contribution is 2.18. The standard InChI is InChI=1S/C8H9ClFNO3S/c9-6-1-2-8(7(10)5-6)15(13,14)11-3-4-12/h1-2,5,11-12H,3-4H2. The summed E-state index contributed by atoms with van der Waals surface area (Å²) < 4.78 is 38.1. The number of hydrogen-bond donors (Lipinski definition) is 2. The van der Waals surface area contributed by atoms with Crippen molar-refractivity contribution in [2.75, 3.05) is 13.2 Å². The van der Waals surface area contributed by atoms with E-state index in [1.165, 1.54) is 6.07 Å². The normalized spacial score (nSPS) is 11.7. The molecule has 84 valence electrons. The SMILES string of the molecule is O=S(=O)(NCCO)c1ccc(Cl)cc1F. The molecule has 0 spiro atoms. The Morgan fingerprint density at radius 2 is 2.13 bits per heavy atom. The van der Waals surface area contributed by atoms with Crippen LogP contribution in [-0.2, 0) is 10.0 Å². The zero-order valence-corrected chi connectivity index (χ0v) is 9.15. The van der Waals surface area contributed by atoms with Gasteiger partial charge in [0.05, 0.1) is 6.61 Å². The van der Waals surface area contributed by atoms with Crippen LogP contribution in [0.2, 0.25) is 5.02 Å². The highest BCUT2D eigenvalue weighted by Gasteiger charge is 2.18. The summed E-state index contributed by atoms with van der Waals surface area (Å²) in [7, 11) is -3.91. The van der Waals surface area contributed by atoms with Gasteiger partial charge in [-0.2, -0.15) is 0 Å². The van der Waals surface area contributed by atoms with Gasteiger partial charge >= 0.3 is 0 Å². The van der Waals surface area contributed by atoms with Gasteiger partial charge in [0.25, 0.3) is 0 Å². The maximum Gasteiger partial charge on any atom is 0.243 e. The third-order valence-corrected chi connectivity index (χ3v) is 3.32. The molecule has 0 saturated heterocycles. The van der Waals surface area contributed by atoms with E-state index in [0.717, 1.165) is 12.1 Å². The highest BCUT2D eigenvalue weighted by atomic mass is 35.5. The Morgan fingerprint density at radius 3 is 2.67 bits per heavy atom. The summed E-state index contributed by atoms with van der Waals surface area (Å²) in [5.74, 6) is -0.923. The molecule has 1 aromatic rings. The topological polar surface area (TPSA) is 66.4 Å². The molecule has 0 radical (unpaired) electrons. The lowest BCUT2D eigenvalue weighted by Crippen LogP contribution is -2.27. The summed E-state index contributed by atoms with van der Waals surface area (Å²) in [6.07, 6.45) is 0. The zero-order valence-electron chi connectivity index (χ0n) is 7.57. The lowest BCUT2D eigenvalue weighted by atomic mass is 10.3. The maximum absolute atomic E-state index is 13.2. The van der Waals surface area contributed by atoms with E-state index >= 15 is 0 Å². The van der Waals surface area contributed by atoms with Crippen LogP contribution in [0.25, 0.3) is 0 Å². The van der Waals surface area contributed by atoms with Crippen LogP contribution < -0.4 is 4.72 Å². The van der Waals surface area contributed by atoms with Crippen molar-refractivity contribution >= 4 is 21.6 Å². The van der Waals surface area contributed by atoms with Crippen LogP contribution in [0.4, 0.5) is 4.39 Å². The quantitative estimate of drug-likeness (QED) is 0.832. The molecule has 0 aromatic heterocycles. The monoisotopic (exact) mass is 253 g/mol. The van der Waals surface area contributed by atoms with Gasteiger partial charge in [-0.3, -0.25) is 0 Å². The predicted molar refractivity (Wildman–Crippen MR) is 53.7 cm³/mol. The molecule has 15 heavy (non-hydrogen) atoms. The molecule has 1 rings (SSSR count). The molecule has 0 aliphatic carbocycles. The first-order valence-electron chi connectivity index (χ1n) is 4.03. The summed E-state index contributed by atoms with van der Waals surface area (Å²) >= 11 is 5.48. The first-order chi connectivity index (χ1) is 6.97. The number of nitrogens with one attached hydrogen (secondary N) is 1. The van der Waals surface area contributed by atoms with Crippen LogP contribution in [0.5, 0.6) is 0 Å². The molecule has 0 bridgehead atoms. The molecule has 0 aliphatic heterocycles. The van der Waals surface area contributed by atoms with E-state index in [-0.39, 0.29) is 18.2 Å². The molecule has 0 aliphatic rings. The first-order valence-corrected chi connectivity index (χ1v) is 5.89. The number of aliphatic hydroxyl groups excluding tert-OH is 1. The van der Waals surface area contributed by atoms with Gasteiger partial charge in [-0.05, 0) is 18.2 Å². The van der Waals surface area contributed by atoms with Crippen molar-refractivity contribution in [3.63, 3.8) is 0 Å². The van der Waals surface area contributed by atoms with Crippen molar-refractivity contribution in [3.05, 3.63) is 29.0 Å². The van der Waals surface area contributed by atoms with Crippen molar-refractivity contribution in [2.45, 2.75) is 4.90 Å². The van der Waals surface area contributed by atoms with Crippen LogP contribution in [0, 0.1) is 5.82 Å². The van der Waals surface area contributed by atoms with Gasteiger partial charge in [0.2, 0.25) is 10.0 Å². The van der Waals surface area contributed by atoms with Crippen LogP contribution in [0.15, 0.2) is 23.1 Å². The summed E-state index contributed by atoms with van der Waals surface area (Å²) in [6, 6.07) is 3.25. The fraction of sp³-hybridized carbons (Fsp3) is 0.250. The maximum atomic E-state index is 13.2. The van der Waals surface area contributed by atoms with Gasteiger partial charge in [0, 0.05) is 11.6 Å². The largest absolute Gasteiger partial charge is 0.395 e. The number of halogens is 2. The van der Waals surface area contributed by atoms with E-state index in [9.17, 15) is 12.8 Å². The van der Waals surface area contributed by atoms with Crippen LogP contribution in [0.1, 0.15) is 0 Å². The van der Waals surface area contributed by atoms with E-state index in [0.29, 0.717) is 0 Å². The third kappa shape index (κ3) is 3.13. The molecule has 0 atom stereocenters.